The highest BCUT2D eigenvalue weighted by Gasteiger charge is 2.37. The number of hydrogen-bond acceptors (Lipinski definition) is 6. The van der Waals surface area contributed by atoms with Crippen molar-refractivity contribution in [3.05, 3.63) is 75.2 Å². The zero-order valence-electron chi connectivity index (χ0n) is 20.9. The van der Waals surface area contributed by atoms with Crippen molar-refractivity contribution in [3.8, 4) is 0 Å². The summed E-state index contributed by atoms with van der Waals surface area (Å²) in [5.74, 6) is 0.138. The topological polar surface area (TPSA) is 77.1 Å². The van der Waals surface area contributed by atoms with Gasteiger partial charge in [0, 0.05) is 73.5 Å². The molecule has 4 heterocycles. The quantitative estimate of drug-likeness (QED) is 0.487. The molecule has 0 radical (unpaired) electrons. The molecule has 2 saturated heterocycles. The molecule has 0 bridgehead atoms. The minimum atomic E-state index is -0.0201. The summed E-state index contributed by atoms with van der Waals surface area (Å²) in [5.41, 5.74) is 5.98. The second-order valence-electron chi connectivity index (χ2n) is 9.98. The lowest BCUT2D eigenvalue weighted by Crippen LogP contribution is -2.52. The first-order valence-electron chi connectivity index (χ1n) is 12.9. The van der Waals surface area contributed by atoms with Gasteiger partial charge in [0.05, 0.1) is 11.9 Å². The van der Waals surface area contributed by atoms with E-state index in [0.717, 1.165) is 42.0 Å². The van der Waals surface area contributed by atoms with Gasteiger partial charge in [-0.15, -0.1) is 11.3 Å². The number of benzene rings is 2. The van der Waals surface area contributed by atoms with Crippen LogP contribution in [0.2, 0.25) is 5.02 Å². The van der Waals surface area contributed by atoms with E-state index in [1.165, 1.54) is 11.3 Å². The van der Waals surface area contributed by atoms with Crippen LogP contribution in [0.1, 0.15) is 28.0 Å². The largest absolute Gasteiger partial charge is 0.335 e. The van der Waals surface area contributed by atoms with E-state index in [0.29, 0.717) is 49.7 Å². The van der Waals surface area contributed by atoms with Gasteiger partial charge in [0.1, 0.15) is 5.69 Å². The standard InChI is InChI=1S/C28H28ClN5O3S/c29-21-3-1-2-19(12-21)13-26(35)33-7-6-20-14-22(4-5-25(20)33)34-16-23(15-27(34)36)31-8-10-32(11-9-31)28(37)24-17-38-18-30-24/h1-5,12,14,17-18,23H,6-11,13,15-16H2/t23-/m1/s1. The van der Waals surface area contributed by atoms with E-state index >= 15 is 0 Å². The van der Waals surface area contributed by atoms with Crippen LogP contribution in [0.4, 0.5) is 11.4 Å². The number of hydrogen-bond donors (Lipinski definition) is 0. The van der Waals surface area contributed by atoms with Gasteiger partial charge in [-0.3, -0.25) is 19.3 Å². The van der Waals surface area contributed by atoms with Crippen LogP contribution in [0.3, 0.4) is 0 Å². The number of nitrogens with zero attached hydrogens (tertiary/aromatic N) is 5. The van der Waals surface area contributed by atoms with Crippen molar-refractivity contribution in [2.45, 2.75) is 25.3 Å². The monoisotopic (exact) mass is 549 g/mol. The predicted molar refractivity (Wildman–Crippen MR) is 148 cm³/mol. The van der Waals surface area contributed by atoms with E-state index in [4.69, 9.17) is 11.6 Å². The van der Waals surface area contributed by atoms with Gasteiger partial charge in [0.15, 0.2) is 0 Å². The molecule has 3 aliphatic rings. The molecule has 2 aromatic carbocycles. The number of rotatable bonds is 5. The molecular weight excluding hydrogens is 522 g/mol. The molecule has 1 atom stereocenters. The van der Waals surface area contributed by atoms with Crippen molar-refractivity contribution in [1.29, 1.82) is 0 Å². The summed E-state index contributed by atoms with van der Waals surface area (Å²) in [7, 11) is 0. The summed E-state index contributed by atoms with van der Waals surface area (Å²) >= 11 is 7.51. The van der Waals surface area contributed by atoms with Gasteiger partial charge >= 0.3 is 0 Å². The van der Waals surface area contributed by atoms with E-state index in [-0.39, 0.29) is 23.8 Å². The lowest BCUT2D eigenvalue weighted by Gasteiger charge is -2.37. The van der Waals surface area contributed by atoms with E-state index in [1.807, 2.05) is 45.0 Å². The first kappa shape index (κ1) is 25.0. The van der Waals surface area contributed by atoms with Gasteiger partial charge < -0.3 is 14.7 Å². The summed E-state index contributed by atoms with van der Waals surface area (Å²) < 4.78 is 0. The molecule has 10 heteroatoms. The molecule has 8 nitrogen and oxygen atoms in total. The maximum atomic E-state index is 13.0. The Morgan fingerprint density at radius 2 is 1.89 bits per heavy atom. The van der Waals surface area contributed by atoms with Crippen LogP contribution in [0.5, 0.6) is 0 Å². The van der Waals surface area contributed by atoms with Crippen LogP contribution < -0.4 is 9.80 Å². The molecule has 6 rings (SSSR count). The fraction of sp³-hybridized carbons (Fsp3) is 0.357. The van der Waals surface area contributed by atoms with Crippen LogP contribution in [0, 0.1) is 0 Å². The number of fused-ring (bicyclic) bond motifs is 1. The molecule has 196 valence electrons. The number of piperazine rings is 1. The molecular formula is C28H28ClN5O3S. The Morgan fingerprint density at radius 1 is 1.05 bits per heavy atom. The van der Waals surface area contributed by atoms with E-state index in [1.54, 1.807) is 17.0 Å². The summed E-state index contributed by atoms with van der Waals surface area (Å²) in [4.78, 5) is 50.6. The van der Waals surface area contributed by atoms with Crippen LogP contribution >= 0.6 is 22.9 Å². The lowest BCUT2D eigenvalue weighted by molar-refractivity contribution is -0.118. The molecule has 0 N–H and O–H groups in total. The summed E-state index contributed by atoms with van der Waals surface area (Å²) in [6.07, 6.45) is 1.54. The maximum Gasteiger partial charge on any atom is 0.273 e. The van der Waals surface area contributed by atoms with Crippen molar-refractivity contribution >= 4 is 52.0 Å². The van der Waals surface area contributed by atoms with Gasteiger partial charge in [0.2, 0.25) is 11.8 Å². The predicted octanol–water partition coefficient (Wildman–Crippen LogP) is 3.49. The molecule has 38 heavy (non-hydrogen) atoms. The van der Waals surface area contributed by atoms with Gasteiger partial charge in [0.25, 0.3) is 5.91 Å². The number of amides is 3. The van der Waals surface area contributed by atoms with Crippen molar-refractivity contribution in [1.82, 2.24) is 14.8 Å². The molecule has 3 amide bonds. The molecule has 0 saturated carbocycles. The minimum absolute atomic E-state index is 0.0201. The van der Waals surface area contributed by atoms with Gasteiger partial charge in [-0.25, -0.2) is 4.98 Å². The van der Waals surface area contributed by atoms with Crippen LogP contribution in [-0.2, 0) is 22.4 Å². The van der Waals surface area contributed by atoms with Gasteiger partial charge in [-0.2, -0.15) is 0 Å². The van der Waals surface area contributed by atoms with Gasteiger partial charge in [-0.1, -0.05) is 23.7 Å². The van der Waals surface area contributed by atoms with Crippen LogP contribution in [0.15, 0.2) is 53.4 Å². The second kappa shape index (κ2) is 10.5. The number of carbonyl (C=O) groups excluding carboxylic acids is 3. The third-order valence-corrected chi connectivity index (χ3v) is 8.51. The van der Waals surface area contributed by atoms with Gasteiger partial charge in [-0.05, 0) is 47.9 Å². The normalized spacial score (nSPS) is 19.8. The number of carbonyl (C=O) groups is 3. The van der Waals surface area contributed by atoms with Crippen molar-refractivity contribution in [2.75, 3.05) is 49.1 Å². The first-order chi connectivity index (χ1) is 18.5. The summed E-state index contributed by atoms with van der Waals surface area (Å²) in [6, 6.07) is 13.5. The molecule has 2 fully saturated rings. The smallest absolute Gasteiger partial charge is 0.273 e. The van der Waals surface area contributed by atoms with Crippen molar-refractivity contribution < 1.29 is 14.4 Å². The highest BCUT2D eigenvalue weighted by atomic mass is 35.5. The highest BCUT2D eigenvalue weighted by Crippen LogP contribution is 2.34. The van der Waals surface area contributed by atoms with Crippen molar-refractivity contribution in [2.24, 2.45) is 0 Å². The average molecular weight is 550 g/mol. The maximum absolute atomic E-state index is 13.0. The minimum Gasteiger partial charge on any atom is -0.335 e. The Labute approximate surface area is 230 Å². The Bertz CT molecular complexity index is 1370. The lowest BCUT2D eigenvalue weighted by atomic mass is 10.1. The molecule has 1 aromatic heterocycles. The highest BCUT2D eigenvalue weighted by molar-refractivity contribution is 7.07. The Morgan fingerprint density at radius 3 is 2.66 bits per heavy atom. The average Bonchev–Trinajstić information content (AvgIpc) is 3.68. The SMILES string of the molecule is O=C(c1cscn1)N1CCN([C@@H]2CC(=O)N(c3ccc4c(c3)CCN4C(=O)Cc3cccc(Cl)c3)C2)CC1. The third kappa shape index (κ3) is 4.93. The Balaban J connectivity index is 1.08. The van der Waals surface area contributed by atoms with Crippen molar-refractivity contribution in [3.63, 3.8) is 0 Å². The molecule has 3 aliphatic heterocycles. The summed E-state index contributed by atoms with van der Waals surface area (Å²) in [6.45, 7) is 4.04. The van der Waals surface area contributed by atoms with Crippen LogP contribution in [-0.4, -0.2) is 77.8 Å². The zero-order chi connectivity index (χ0) is 26.2. The number of thiazole rings is 1. The number of aromatic nitrogens is 1. The van der Waals surface area contributed by atoms with E-state index in [9.17, 15) is 14.4 Å². The molecule has 0 aliphatic carbocycles. The second-order valence-corrected chi connectivity index (χ2v) is 11.1. The van der Waals surface area contributed by atoms with Crippen LogP contribution in [0.25, 0.3) is 0 Å². The zero-order valence-corrected chi connectivity index (χ0v) is 22.5. The first-order valence-corrected chi connectivity index (χ1v) is 14.2. The number of halogens is 1. The third-order valence-electron chi connectivity index (χ3n) is 7.69. The molecule has 0 spiro atoms. The Kier molecular flexibility index (Phi) is 6.90. The van der Waals surface area contributed by atoms with E-state index < -0.39 is 0 Å². The molecule has 0 unspecified atom stereocenters. The Hall–Kier alpha value is -3.27. The summed E-state index contributed by atoms with van der Waals surface area (Å²) in [5, 5.41) is 2.41. The fourth-order valence-electron chi connectivity index (χ4n) is 5.69. The number of anilines is 2. The fourth-order valence-corrected chi connectivity index (χ4v) is 6.42. The molecule has 3 aromatic rings. The van der Waals surface area contributed by atoms with E-state index in [2.05, 4.69) is 16.0 Å².